The summed E-state index contributed by atoms with van der Waals surface area (Å²) in [4.78, 5) is 0. The fraction of sp³-hybridized carbons (Fsp3) is 0.429. The molecule has 0 aliphatic carbocycles. The molecule has 0 atom stereocenters. The van der Waals surface area contributed by atoms with Gasteiger partial charge in [0.15, 0.2) is 0 Å². The molecule has 2 aromatic rings. The van der Waals surface area contributed by atoms with Crippen LogP contribution in [0, 0.1) is 6.92 Å². The van der Waals surface area contributed by atoms with Crippen LogP contribution in [-0.2, 0) is 13.2 Å². The highest BCUT2D eigenvalue weighted by atomic mass is 16.6. The molecule has 0 aliphatic heterocycles. The minimum atomic E-state index is -0.115. The third-order valence-electron chi connectivity index (χ3n) is 1.81. The van der Waals surface area contributed by atoms with Crippen molar-refractivity contribution < 1.29 is 9.74 Å². The van der Waals surface area contributed by atoms with Gasteiger partial charge in [-0.1, -0.05) is 15.5 Å². The number of hydrogen-bond acceptors (Lipinski definition) is 6. The quantitative estimate of drug-likeness (QED) is 0.710. The van der Waals surface area contributed by atoms with Crippen molar-refractivity contribution in [3.05, 3.63) is 23.3 Å². The Morgan fingerprint density at radius 1 is 1.50 bits per heavy atom. The van der Waals surface area contributed by atoms with E-state index in [4.69, 9.17) is 5.11 Å². The molecule has 0 aliphatic rings. The molecule has 74 valence electrons. The molecule has 7 heteroatoms. The Labute approximate surface area is 79.3 Å². The summed E-state index contributed by atoms with van der Waals surface area (Å²) < 4.78 is 6.11. The molecule has 0 radical (unpaired) electrons. The molecule has 0 fully saturated rings. The number of nitrogens with zero attached hydrogens (tertiary/aromatic N) is 5. The minimum absolute atomic E-state index is 0.115. The lowest BCUT2D eigenvalue weighted by Gasteiger charge is -1.94. The van der Waals surface area contributed by atoms with E-state index in [1.807, 2.05) is 0 Å². The molecule has 14 heavy (non-hydrogen) atoms. The molecule has 0 spiro atoms. The molecular weight excluding hydrogens is 186 g/mol. The maximum absolute atomic E-state index is 8.77. The van der Waals surface area contributed by atoms with Crippen LogP contribution in [-0.4, -0.2) is 30.4 Å². The number of hydrogen-bond donors (Lipinski definition) is 1. The van der Waals surface area contributed by atoms with Crippen molar-refractivity contribution in [3.63, 3.8) is 0 Å². The average Bonchev–Trinajstić information content (AvgIpc) is 2.77. The summed E-state index contributed by atoms with van der Waals surface area (Å²) >= 11 is 0. The Kier molecular flexibility index (Phi) is 2.23. The van der Waals surface area contributed by atoms with Crippen LogP contribution in [0.2, 0.25) is 0 Å². The molecule has 0 unspecified atom stereocenters. The molecule has 2 heterocycles. The number of aliphatic hydroxyl groups excluding tert-OH is 1. The van der Waals surface area contributed by atoms with E-state index < -0.39 is 0 Å². The normalized spacial score (nSPS) is 10.7. The van der Waals surface area contributed by atoms with Gasteiger partial charge in [0.25, 0.3) is 0 Å². The zero-order valence-electron chi connectivity index (χ0n) is 7.58. The van der Waals surface area contributed by atoms with Gasteiger partial charge in [0.2, 0.25) is 0 Å². The van der Waals surface area contributed by atoms with Crippen molar-refractivity contribution in [2.24, 2.45) is 0 Å². The van der Waals surface area contributed by atoms with E-state index in [-0.39, 0.29) is 6.61 Å². The molecule has 2 aromatic heterocycles. The van der Waals surface area contributed by atoms with Gasteiger partial charge in [0.05, 0.1) is 19.3 Å². The summed E-state index contributed by atoms with van der Waals surface area (Å²) in [5.74, 6) is 0. The summed E-state index contributed by atoms with van der Waals surface area (Å²) in [7, 11) is 0. The third kappa shape index (κ3) is 1.62. The first-order valence-corrected chi connectivity index (χ1v) is 4.07. The second-order valence-corrected chi connectivity index (χ2v) is 2.86. The van der Waals surface area contributed by atoms with Gasteiger partial charge in [-0.2, -0.15) is 0 Å². The number of aromatic nitrogens is 5. The Bertz CT molecular complexity index is 421. The van der Waals surface area contributed by atoms with Crippen molar-refractivity contribution in [2.45, 2.75) is 20.1 Å². The third-order valence-corrected chi connectivity index (χ3v) is 1.81. The molecule has 0 saturated carbocycles. The van der Waals surface area contributed by atoms with E-state index in [1.165, 1.54) is 0 Å². The molecule has 0 amide bonds. The van der Waals surface area contributed by atoms with E-state index in [2.05, 4.69) is 25.3 Å². The highest BCUT2D eigenvalue weighted by molar-refractivity contribution is 5.05. The summed E-state index contributed by atoms with van der Waals surface area (Å²) in [6.45, 7) is 2.13. The number of rotatable bonds is 3. The van der Waals surface area contributed by atoms with Gasteiger partial charge >= 0.3 is 0 Å². The fourth-order valence-electron chi connectivity index (χ4n) is 1.03. The first kappa shape index (κ1) is 8.82. The van der Waals surface area contributed by atoms with Crippen LogP contribution in [0.15, 0.2) is 10.8 Å². The van der Waals surface area contributed by atoms with Crippen LogP contribution in [0.25, 0.3) is 0 Å². The predicted molar refractivity (Wildman–Crippen MR) is 44.1 cm³/mol. The first-order valence-electron chi connectivity index (χ1n) is 4.07. The summed E-state index contributed by atoms with van der Waals surface area (Å²) in [5.41, 5.74) is 1.96. The average molecular weight is 195 g/mol. The molecular formula is C7H9N5O2. The summed E-state index contributed by atoms with van der Waals surface area (Å²) in [6.07, 6.45) is 1.65. The van der Waals surface area contributed by atoms with Crippen molar-refractivity contribution in [1.82, 2.24) is 25.3 Å². The van der Waals surface area contributed by atoms with E-state index in [9.17, 15) is 0 Å². The molecule has 7 nitrogen and oxygen atoms in total. The SMILES string of the molecule is Cc1nonc1Cn1cc(CO)nn1. The Hall–Kier alpha value is -1.76. The van der Waals surface area contributed by atoms with Crippen LogP contribution < -0.4 is 0 Å². The molecule has 0 aromatic carbocycles. The summed E-state index contributed by atoms with van der Waals surface area (Å²) in [6, 6.07) is 0. The van der Waals surface area contributed by atoms with Crippen molar-refractivity contribution in [3.8, 4) is 0 Å². The van der Waals surface area contributed by atoms with Crippen molar-refractivity contribution in [2.75, 3.05) is 0 Å². The van der Waals surface area contributed by atoms with E-state index in [0.29, 0.717) is 17.9 Å². The lowest BCUT2D eigenvalue weighted by atomic mass is 10.3. The Balaban J connectivity index is 2.15. The van der Waals surface area contributed by atoms with E-state index in [0.717, 1.165) is 5.69 Å². The van der Waals surface area contributed by atoms with E-state index >= 15 is 0 Å². The predicted octanol–water partition coefficient (Wildman–Crippen LogP) is -0.490. The molecule has 0 saturated heterocycles. The maximum Gasteiger partial charge on any atom is 0.129 e. The lowest BCUT2D eigenvalue weighted by molar-refractivity contribution is 0.276. The minimum Gasteiger partial charge on any atom is -0.390 e. The second kappa shape index (κ2) is 3.54. The maximum atomic E-state index is 8.77. The highest BCUT2D eigenvalue weighted by Crippen LogP contribution is 2.03. The van der Waals surface area contributed by atoms with Gasteiger partial charge in [0.1, 0.15) is 17.1 Å². The van der Waals surface area contributed by atoms with Gasteiger partial charge in [-0.05, 0) is 6.92 Å². The van der Waals surface area contributed by atoms with Crippen LogP contribution in [0.5, 0.6) is 0 Å². The fourth-order valence-corrected chi connectivity index (χ4v) is 1.03. The molecule has 1 N–H and O–H groups in total. The molecule has 2 rings (SSSR count). The largest absolute Gasteiger partial charge is 0.390 e. The van der Waals surface area contributed by atoms with Crippen LogP contribution in [0.3, 0.4) is 0 Å². The smallest absolute Gasteiger partial charge is 0.129 e. The van der Waals surface area contributed by atoms with Crippen molar-refractivity contribution >= 4 is 0 Å². The number of aliphatic hydroxyl groups is 1. The van der Waals surface area contributed by atoms with Crippen LogP contribution in [0.4, 0.5) is 0 Å². The van der Waals surface area contributed by atoms with Crippen LogP contribution >= 0.6 is 0 Å². The lowest BCUT2D eigenvalue weighted by Crippen LogP contribution is -2.02. The zero-order chi connectivity index (χ0) is 9.97. The van der Waals surface area contributed by atoms with E-state index in [1.54, 1.807) is 17.8 Å². The highest BCUT2D eigenvalue weighted by Gasteiger charge is 2.07. The number of aryl methyl sites for hydroxylation is 1. The Morgan fingerprint density at radius 2 is 2.36 bits per heavy atom. The standard InChI is InChI=1S/C7H9N5O2/c1-5-7(10-14-9-5)3-12-2-6(4-13)8-11-12/h2,13H,3-4H2,1H3. The van der Waals surface area contributed by atoms with Gasteiger partial charge in [0, 0.05) is 0 Å². The molecule has 0 bridgehead atoms. The second-order valence-electron chi connectivity index (χ2n) is 2.86. The van der Waals surface area contributed by atoms with Gasteiger partial charge in [-0.25, -0.2) is 9.31 Å². The first-order chi connectivity index (χ1) is 6.79. The van der Waals surface area contributed by atoms with Gasteiger partial charge in [-0.3, -0.25) is 0 Å². The topological polar surface area (TPSA) is 89.9 Å². The van der Waals surface area contributed by atoms with Crippen molar-refractivity contribution in [1.29, 1.82) is 0 Å². The zero-order valence-corrected chi connectivity index (χ0v) is 7.58. The summed E-state index contributed by atoms with van der Waals surface area (Å²) in [5, 5.41) is 23.7. The Morgan fingerprint density at radius 3 is 2.93 bits per heavy atom. The van der Waals surface area contributed by atoms with Gasteiger partial charge < -0.3 is 5.11 Å². The van der Waals surface area contributed by atoms with Crippen LogP contribution in [0.1, 0.15) is 17.1 Å². The monoisotopic (exact) mass is 195 g/mol. The van der Waals surface area contributed by atoms with Gasteiger partial charge in [-0.15, -0.1) is 5.10 Å².